The van der Waals surface area contributed by atoms with Crippen molar-refractivity contribution in [2.24, 2.45) is 0 Å². The van der Waals surface area contributed by atoms with Gasteiger partial charge in [0.05, 0.1) is 0 Å². The molecule has 0 aliphatic carbocycles. The monoisotopic (exact) mass is 205 g/mol. The topological polar surface area (TPSA) is 49.3 Å². The Balaban J connectivity index is 1.98. The summed E-state index contributed by atoms with van der Waals surface area (Å²) in [7, 11) is 0. The highest BCUT2D eigenvalue weighted by molar-refractivity contribution is 5.96. The molecule has 0 aromatic heterocycles. The Labute approximate surface area is 89.1 Å². The van der Waals surface area contributed by atoms with Gasteiger partial charge in [0.15, 0.2) is 5.78 Å². The number of ketones is 1. The van der Waals surface area contributed by atoms with Crippen LogP contribution in [-0.2, 0) is 0 Å². The van der Waals surface area contributed by atoms with Gasteiger partial charge in [-0.15, -0.1) is 0 Å². The molecule has 3 nitrogen and oxygen atoms in total. The van der Waals surface area contributed by atoms with Gasteiger partial charge in [0.2, 0.25) is 0 Å². The molecular formula is C12H15NO2. The number of phenols is 1. The first-order valence-corrected chi connectivity index (χ1v) is 5.31. The fourth-order valence-corrected chi connectivity index (χ4v) is 1.92. The Kier molecular flexibility index (Phi) is 3.02. The van der Waals surface area contributed by atoms with Crippen LogP contribution < -0.4 is 5.32 Å². The predicted molar refractivity (Wildman–Crippen MR) is 58.1 cm³/mol. The van der Waals surface area contributed by atoms with E-state index in [1.54, 1.807) is 24.3 Å². The Bertz CT molecular complexity index is 339. The zero-order valence-electron chi connectivity index (χ0n) is 8.57. The van der Waals surface area contributed by atoms with E-state index >= 15 is 0 Å². The van der Waals surface area contributed by atoms with Gasteiger partial charge >= 0.3 is 0 Å². The van der Waals surface area contributed by atoms with E-state index in [0.29, 0.717) is 18.0 Å². The lowest BCUT2D eigenvalue weighted by Gasteiger charge is -2.08. The minimum atomic E-state index is 0.148. The SMILES string of the molecule is O=C(CC1CCCN1)c1ccc(O)cc1. The number of carbonyl (C=O) groups excluding carboxylic acids is 1. The third-order valence-corrected chi connectivity index (χ3v) is 2.78. The third kappa shape index (κ3) is 2.57. The van der Waals surface area contributed by atoms with Gasteiger partial charge in [-0.1, -0.05) is 0 Å². The van der Waals surface area contributed by atoms with Gasteiger partial charge in [-0.2, -0.15) is 0 Å². The number of aromatic hydroxyl groups is 1. The smallest absolute Gasteiger partial charge is 0.164 e. The van der Waals surface area contributed by atoms with E-state index in [-0.39, 0.29) is 11.5 Å². The van der Waals surface area contributed by atoms with E-state index in [0.717, 1.165) is 19.4 Å². The van der Waals surface area contributed by atoms with Crippen LogP contribution in [0.3, 0.4) is 0 Å². The standard InChI is InChI=1S/C12H15NO2/c14-11-5-3-9(4-6-11)12(15)8-10-2-1-7-13-10/h3-6,10,13-14H,1-2,7-8H2. The second-order valence-corrected chi connectivity index (χ2v) is 3.97. The molecular weight excluding hydrogens is 190 g/mol. The van der Waals surface area contributed by atoms with Crippen molar-refractivity contribution in [3.8, 4) is 5.75 Å². The number of phenolic OH excluding ortho intramolecular Hbond substituents is 1. The van der Waals surface area contributed by atoms with Crippen LogP contribution in [0.1, 0.15) is 29.6 Å². The van der Waals surface area contributed by atoms with Crippen LogP contribution in [0.4, 0.5) is 0 Å². The molecule has 3 heteroatoms. The minimum absolute atomic E-state index is 0.148. The molecule has 0 radical (unpaired) electrons. The predicted octanol–water partition coefficient (Wildman–Crippen LogP) is 1.72. The maximum Gasteiger partial charge on any atom is 0.164 e. The summed E-state index contributed by atoms with van der Waals surface area (Å²) in [5.41, 5.74) is 0.682. The molecule has 1 aromatic rings. The lowest BCUT2D eigenvalue weighted by atomic mass is 10.0. The third-order valence-electron chi connectivity index (χ3n) is 2.78. The van der Waals surface area contributed by atoms with Crippen LogP contribution in [0, 0.1) is 0 Å². The van der Waals surface area contributed by atoms with Gasteiger partial charge in [-0.3, -0.25) is 4.79 Å². The molecule has 1 heterocycles. The van der Waals surface area contributed by atoms with Crippen molar-refractivity contribution in [1.29, 1.82) is 0 Å². The molecule has 0 amide bonds. The van der Waals surface area contributed by atoms with Crippen molar-refractivity contribution >= 4 is 5.78 Å². The normalized spacial score (nSPS) is 20.4. The Morgan fingerprint density at radius 1 is 1.40 bits per heavy atom. The summed E-state index contributed by atoms with van der Waals surface area (Å²) >= 11 is 0. The first-order chi connectivity index (χ1) is 7.25. The first kappa shape index (κ1) is 10.2. The highest BCUT2D eigenvalue weighted by Gasteiger charge is 2.18. The van der Waals surface area contributed by atoms with Crippen LogP contribution in [0.2, 0.25) is 0 Å². The molecule has 1 saturated heterocycles. The summed E-state index contributed by atoms with van der Waals surface area (Å²) < 4.78 is 0. The summed E-state index contributed by atoms with van der Waals surface area (Å²) in [5.74, 6) is 0.347. The molecule has 1 aromatic carbocycles. The van der Waals surface area contributed by atoms with Gasteiger partial charge < -0.3 is 10.4 Å². The number of carbonyl (C=O) groups is 1. The van der Waals surface area contributed by atoms with Crippen LogP contribution in [0.25, 0.3) is 0 Å². The van der Waals surface area contributed by atoms with Gasteiger partial charge in [0, 0.05) is 18.0 Å². The van der Waals surface area contributed by atoms with E-state index in [1.807, 2.05) is 0 Å². The highest BCUT2D eigenvalue weighted by Crippen LogP contribution is 2.15. The minimum Gasteiger partial charge on any atom is -0.508 e. The lowest BCUT2D eigenvalue weighted by molar-refractivity contribution is 0.0971. The summed E-state index contributed by atoms with van der Waals surface area (Å²) in [4.78, 5) is 11.8. The van der Waals surface area contributed by atoms with Crippen LogP contribution in [0.5, 0.6) is 5.75 Å². The summed E-state index contributed by atoms with van der Waals surface area (Å²) in [5, 5.41) is 12.4. The number of hydrogen-bond acceptors (Lipinski definition) is 3. The molecule has 0 spiro atoms. The van der Waals surface area contributed by atoms with Crippen molar-refractivity contribution < 1.29 is 9.90 Å². The van der Waals surface area contributed by atoms with Crippen molar-refractivity contribution in [3.05, 3.63) is 29.8 Å². The molecule has 1 unspecified atom stereocenters. The molecule has 2 N–H and O–H groups in total. The van der Waals surface area contributed by atoms with Gasteiger partial charge in [-0.25, -0.2) is 0 Å². The van der Waals surface area contributed by atoms with E-state index in [9.17, 15) is 4.79 Å². The Morgan fingerprint density at radius 2 is 2.13 bits per heavy atom. The second-order valence-electron chi connectivity index (χ2n) is 3.97. The highest BCUT2D eigenvalue weighted by atomic mass is 16.3. The average molecular weight is 205 g/mol. The fourth-order valence-electron chi connectivity index (χ4n) is 1.92. The number of benzene rings is 1. The van der Waals surface area contributed by atoms with Gasteiger partial charge in [0.25, 0.3) is 0 Å². The summed E-state index contributed by atoms with van der Waals surface area (Å²) in [6.45, 7) is 1.02. The van der Waals surface area contributed by atoms with Crippen LogP contribution in [-0.4, -0.2) is 23.5 Å². The molecule has 0 bridgehead atoms. The van der Waals surface area contributed by atoms with Crippen LogP contribution in [0.15, 0.2) is 24.3 Å². The quantitative estimate of drug-likeness (QED) is 0.739. The van der Waals surface area contributed by atoms with E-state index in [2.05, 4.69) is 5.32 Å². The molecule has 0 saturated carbocycles. The maximum atomic E-state index is 11.8. The van der Waals surface area contributed by atoms with Crippen molar-refractivity contribution in [2.75, 3.05) is 6.54 Å². The molecule has 80 valence electrons. The molecule has 1 atom stereocenters. The largest absolute Gasteiger partial charge is 0.508 e. The zero-order valence-corrected chi connectivity index (χ0v) is 8.57. The molecule has 1 aliphatic heterocycles. The molecule has 15 heavy (non-hydrogen) atoms. The summed E-state index contributed by atoms with van der Waals surface area (Å²) in [6, 6.07) is 6.79. The number of hydrogen-bond donors (Lipinski definition) is 2. The number of Topliss-reactive ketones (excluding diaryl/α,β-unsaturated/α-hetero) is 1. The molecule has 2 rings (SSSR count). The van der Waals surface area contributed by atoms with Crippen molar-refractivity contribution in [3.63, 3.8) is 0 Å². The van der Waals surface area contributed by atoms with E-state index < -0.39 is 0 Å². The molecule has 1 aliphatic rings. The maximum absolute atomic E-state index is 11.8. The van der Waals surface area contributed by atoms with Crippen molar-refractivity contribution in [1.82, 2.24) is 5.32 Å². The lowest BCUT2D eigenvalue weighted by Crippen LogP contribution is -2.24. The number of nitrogens with one attached hydrogen (secondary N) is 1. The van der Waals surface area contributed by atoms with E-state index in [4.69, 9.17) is 5.11 Å². The van der Waals surface area contributed by atoms with E-state index in [1.165, 1.54) is 0 Å². The Morgan fingerprint density at radius 3 is 2.73 bits per heavy atom. The fraction of sp³-hybridized carbons (Fsp3) is 0.417. The summed E-state index contributed by atoms with van der Waals surface area (Å²) in [6.07, 6.45) is 2.81. The van der Waals surface area contributed by atoms with Gasteiger partial charge in [0.1, 0.15) is 5.75 Å². The Hall–Kier alpha value is -1.35. The number of rotatable bonds is 3. The second kappa shape index (κ2) is 4.45. The first-order valence-electron chi connectivity index (χ1n) is 5.31. The molecule has 1 fully saturated rings. The average Bonchev–Trinajstić information content (AvgIpc) is 2.71. The van der Waals surface area contributed by atoms with Crippen molar-refractivity contribution in [2.45, 2.75) is 25.3 Å². The zero-order chi connectivity index (χ0) is 10.7. The van der Waals surface area contributed by atoms with Gasteiger partial charge in [-0.05, 0) is 43.7 Å². The van der Waals surface area contributed by atoms with Crippen LogP contribution >= 0.6 is 0 Å².